The van der Waals surface area contributed by atoms with Gasteiger partial charge in [0.05, 0.1) is 21.1 Å². The number of carbonyl (C=O) groups is 2. The molecule has 0 bridgehead atoms. The van der Waals surface area contributed by atoms with Crippen molar-refractivity contribution < 1.29 is 19.6 Å². The van der Waals surface area contributed by atoms with Gasteiger partial charge in [0, 0.05) is 22.2 Å². The number of para-hydroxylation sites is 2. The number of nitro groups is 1. The molecule has 3 aromatic rings. The molecule has 0 aromatic heterocycles. The van der Waals surface area contributed by atoms with Crippen molar-refractivity contribution in [1.82, 2.24) is 0 Å². The molecule has 0 unspecified atom stereocenters. The zero-order valence-corrected chi connectivity index (χ0v) is 15.7. The molecule has 0 radical (unpaired) electrons. The summed E-state index contributed by atoms with van der Waals surface area (Å²) in [5, 5.41) is 23.2. The van der Waals surface area contributed by atoms with Gasteiger partial charge in [-0.25, -0.2) is 4.79 Å². The van der Waals surface area contributed by atoms with Crippen molar-refractivity contribution in [2.24, 2.45) is 0 Å². The van der Waals surface area contributed by atoms with Gasteiger partial charge in [-0.05, 0) is 36.4 Å². The van der Waals surface area contributed by atoms with Crippen LogP contribution in [0.15, 0.2) is 76.5 Å². The van der Waals surface area contributed by atoms with Gasteiger partial charge in [0.2, 0.25) is 0 Å². The third-order valence-corrected chi connectivity index (χ3v) is 5.12. The smallest absolute Gasteiger partial charge is 0.337 e. The minimum Gasteiger partial charge on any atom is -0.478 e. The standard InChI is InChI=1S/C20H15N3O5S/c21-14-6-2-4-8-17(14)29-18-10-9-12(11-16(18)23(27)28)19(24)22-15-7-3-1-5-13(15)20(25)26/h1-11H,21H2,(H,22,24)(H,25,26). The third kappa shape index (κ3) is 4.53. The van der Waals surface area contributed by atoms with E-state index in [1.54, 1.807) is 30.3 Å². The summed E-state index contributed by atoms with van der Waals surface area (Å²) in [5.74, 6) is -1.85. The van der Waals surface area contributed by atoms with E-state index in [-0.39, 0.29) is 22.5 Å². The van der Waals surface area contributed by atoms with Crippen molar-refractivity contribution >= 4 is 40.7 Å². The number of nitrogens with zero attached hydrogens (tertiary/aromatic N) is 1. The van der Waals surface area contributed by atoms with Crippen molar-refractivity contribution in [3.63, 3.8) is 0 Å². The van der Waals surface area contributed by atoms with E-state index in [9.17, 15) is 24.8 Å². The molecule has 8 nitrogen and oxygen atoms in total. The van der Waals surface area contributed by atoms with E-state index in [0.29, 0.717) is 15.5 Å². The molecule has 0 atom stereocenters. The molecule has 0 aliphatic heterocycles. The van der Waals surface area contributed by atoms with Crippen LogP contribution in [0, 0.1) is 10.1 Å². The lowest BCUT2D eigenvalue weighted by Crippen LogP contribution is -2.15. The quantitative estimate of drug-likeness (QED) is 0.314. The van der Waals surface area contributed by atoms with Gasteiger partial charge in [-0.15, -0.1) is 0 Å². The SMILES string of the molecule is Nc1ccccc1Sc1ccc(C(=O)Nc2ccccc2C(=O)O)cc1[N+](=O)[O-]. The molecular weight excluding hydrogens is 394 g/mol. The summed E-state index contributed by atoms with van der Waals surface area (Å²) in [4.78, 5) is 35.7. The van der Waals surface area contributed by atoms with E-state index in [1.807, 2.05) is 0 Å². The van der Waals surface area contributed by atoms with Crippen molar-refractivity contribution in [1.29, 1.82) is 0 Å². The fraction of sp³-hybridized carbons (Fsp3) is 0. The maximum atomic E-state index is 12.5. The van der Waals surface area contributed by atoms with E-state index >= 15 is 0 Å². The number of amides is 1. The average Bonchev–Trinajstić information content (AvgIpc) is 2.70. The number of nitro benzene ring substituents is 1. The van der Waals surface area contributed by atoms with E-state index < -0.39 is 16.8 Å². The van der Waals surface area contributed by atoms with Crippen molar-refractivity contribution in [3.05, 3.63) is 88.0 Å². The highest BCUT2D eigenvalue weighted by Gasteiger charge is 2.20. The minimum absolute atomic E-state index is 0.0299. The van der Waals surface area contributed by atoms with Gasteiger partial charge in [-0.2, -0.15) is 0 Å². The van der Waals surface area contributed by atoms with Crippen LogP contribution in [0.5, 0.6) is 0 Å². The Balaban J connectivity index is 1.90. The number of carboxylic acids is 1. The van der Waals surface area contributed by atoms with Crippen molar-refractivity contribution in [2.75, 3.05) is 11.1 Å². The van der Waals surface area contributed by atoms with Crippen molar-refractivity contribution in [3.8, 4) is 0 Å². The highest BCUT2D eigenvalue weighted by molar-refractivity contribution is 7.99. The van der Waals surface area contributed by atoms with Gasteiger partial charge in [0.25, 0.3) is 11.6 Å². The maximum Gasteiger partial charge on any atom is 0.337 e. The second kappa shape index (κ2) is 8.44. The summed E-state index contributed by atoms with van der Waals surface area (Å²) < 4.78 is 0. The molecule has 0 aliphatic carbocycles. The number of rotatable bonds is 6. The number of hydrogen-bond acceptors (Lipinski definition) is 6. The Morgan fingerprint density at radius 3 is 2.38 bits per heavy atom. The lowest BCUT2D eigenvalue weighted by molar-refractivity contribution is -0.387. The number of carbonyl (C=O) groups excluding carboxylic acids is 1. The molecule has 4 N–H and O–H groups in total. The highest BCUT2D eigenvalue weighted by atomic mass is 32.2. The van der Waals surface area contributed by atoms with Crippen LogP contribution in [0.4, 0.5) is 17.1 Å². The van der Waals surface area contributed by atoms with Gasteiger partial charge in [-0.1, -0.05) is 36.0 Å². The fourth-order valence-corrected chi connectivity index (χ4v) is 3.50. The first kappa shape index (κ1) is 19.9. The molecule has 29 heavy (non-hydrogen) atoms. The highest BCUT2D eigenvalue weighted by Crippen LogP contribution is 2.37. The molecule has 0 heterocycles. The zero-order valence-electron chi connectivity index (χ0n) is 14.9. The largest absolute Gasteiger partial charge is 0.478 e. The van der Waals surface area contributed by atoms with Crippen LogP contribution in [-0.4, -0.2) is 21.9 Å². The average molecular weight is 409 g/mol. The normalized spacial score (nSPS) is 10.3. The van der Waals surface area contributed by atoms with Gasteiger partial charge in [-0.3, -0.25) is 14.9 Å². The van der Waals surface area contributed by atoms with Crippen LogP contribution in [0.3, 0.4) is 0 Å². The molecule has 0 aliphatic rings. The van der Waals surface area contributed by atoms with Crippen LogP contribution < -0.4 is 11.1 Å². The maximum absolute atomic E-state index is 12.5. The summed E-state index contributed by atoms with van der Waals surface area (Å²) >= 11 is 1.12. The first-order valence-corrected chi connectivity index (χ1v) is 9.13. The topological polar surface area (TPSA) is 136 Å². The molecule has 3 rings (SSSR count). The number of carboxylic acid groups (broad SMARTS) is 1. The van der Waals surface area contributed by atoms with Crippen molar-refractivity contribution in [2.45, 2.75) is 9.79 Å². The summed E-state index contributed by atoms with van der Waals surface area (Å²) in [5.41, 5.74) is 6.18. The number of nitrogen functional groups attached to an aromatic ring is 1. The first-order valence-electron chi connectivity index (χ1n) is 8.31. The van der Waals surface area contributed by atoms with Crippen LogP contribution in [0.2, 0.25) is 0 Å². The van der Waals surface area contributed by atoms with E-state index in [4.69, 9.17) is 5.73 Å². The molecule has 0 spiro atoms. The van der Waals surface area contributed by atoms with Gasteiger partial charge < -0.3 is 16.2 Å². The number of benzene rings is 3. The lowest BCUT2D eigenvalue weighted by atomic mass is 10.1. The lowest BCUT2D eigenvalue weighted by Gasteiger charge is -2.10. The Kier molecular flexibility index (Phi) is 5.79. The number of anilines is 2. The second-order valence-electron chi connectivity index (χ2n) is 5.88. The summed E-state index contributed by atoms with van der Waals surface area (Å²) in [7, 11) is 0. The van der Waals surface area contributed by atoms with Crippen LogP contribution >= 0.6 is 11.8 Å². The fourth-order valence-electron chi connectivity index (χ4n) is 2.55. The molecular formula is C20H15N3O5S. The molecule has 9 heteroatoms. The summed E-state index contributed by atoms with van der Waals surface area (Å²) in [6, 6.07) is 16.9. The summed E-state index contributed by atoms with van der Waals surface area (Å²) in [6.07, 6.45) is 0. The number of nitrogens with one attached hydrogen (secondary N) is 1. The third-order valence-electron chi connectivity index (χ3n) is 3.96. The number of aromatic carboxylic acids is 1. The van der Waals surface area contributed by atoms with Gasteiger partial charge in [0.1, 0.15) is 0 Å². The van der Waals surface area contributed by atoms with Crippen LogP contribution in [-0.2, 0) is 0 Å². The second-order valence-corrected chi connectivity index (χ2v) is 6.97. The molecule has 0 saturated heterocycles. The Morgan fingerprint density at radius 1 is 1.00 bits per heavy atom. The van der Waals surface area contributed by atoms with Crippen LogP contribution in [0.1, 0.15) is 20.7 Å². The molecule has 3 aromatic carbocycles. The Bertz CT molecular complexity index is 1120. The minimum atomic E-state index is -1.20. The summed E-state index contributed by atoms with van der Waals surface area (Å²) in [6.45, 7) is 0. The van der Waals surface area contributed by atoms with E-state index in [0.717, 1.165) is 17.8 Å². The van der Waals surface area contributed by atoms with Gasteiger partial charge in [0.15, 0.2) is 0 Å². The molecule has 1 amide bonds. The predicted molar refractivity (Wildman–Crippen MR) is 109 cm³/mol. The Hall–Kier alpha value is -3.85. The molecule has 0 fully saturated rings. The van der Waals surface area contributed by atoms with E-state index in [2.05, 4.69) is 5.32 Å². The Labute approximate surface area is 169 Å². The monoisotopic (exact) mass is 409 g/mol. The van der Waals surface area contributed by atoms with Crippen LogP contribution in [0.25, 0.3) is 0 Å². The zero-order chi connectivity index (χ0) is 21.0. The number of hydrogen-bond donors (Lipinski definition) is 3. The predicted octanol–water partition coefficient (Wildman–Crippen LogP) is 4.28. The number of nitrogens with two attached hydrogens (primary N) is 1. The first-order chi connectivity index (χ1) is 13.9. The Morgan fingerprint density at radius 2 is 1.69 bits per heavy atom. The van der Waals surface area contributed by atoms with E-state index in [1.165, 1.54) is 30.3 Å². The van der Waals surface area contributed by atoms with Gasteiger partial charge >= 0.3 is 5.97 Å². The molecule has 0 saturated carbocycles. The molecule has 146 valence electrons.